The molecule has 7 heteroatoms. The Labute approximate surface area is 163 Å². The van der Waals surface area contributed by atoms with Gasteiger partial charge in [0.1, 0.15) is 6.10 Å². The lowest BCUT2D eigenvalue weighted by Gasteiger charge is -2.44. The molecule has 1 aromatic heterocycles. The number of hydrogen-bond acceptors (Lipinski definition) is 5. The van der Waals surface area contributed by atoms with Crippen LogP contribution in [0, 0.1) is 5.92 Å². The Bertz CT molecular complexity index is 832. The van der Waals surface area contributed by atoms with Crippen molar-refractivity contribution in [1.29, 1.82) is 0 Å². The molecule has 1 N–H and O–H groups in total. The summed E-state index contributed by atoms with van der Waals surface area (Å²) in [5.41, 5.74) is 1.68. The average molecular weight is 381 g/mol. The Kier molecular flexibility index (Phi) is 5.25. The third kappa shape index (κ3) is 3.99. The highest BCUT2D eigenvalue weighted by Gasteiger charge is 2.37. The van der Waals surface area contributed by atoms with E-state index in [0.717, 1.165) is 38.0 Å². The first-order valence-electron chi connectivity index (χ1n) is 9.53. The summed E-state index contributed by atoms with van der Waals surface area (Å²) in [6.45, 7) is 3.25. The quantitative estimate of drug-likeness (QED) is 0.857. The van der Waals surface area contributed by atoms with Crippen molar-refractivity contribution in [3.05, 3.63) is 59.9 Å². The minimum absolute atomic E-state index is 0.0800. The van der Waals surface area contributed by atoms with Crippen molar-refractivity contribution < 1.29 is 19.4 Å². The molecular formula is C21H23N3O4. The molecule has 0 unspecified atom stereocenters. The summed E-state index contributed by atoms with van der Waals surface area (Å²) < 4.78 is 5.90. The van der Waals surface area contributed by atoms with Gasteiger partial charge in [0, 0.05) is 12.7 Å². The smallest absolute Gasteiger partial charge is 0.414 e. The number of benzene rings is 1. The predicted octanol–water partition coefficient (Wildman–Crippen LogP) is 3.02. The molecule has 3 saturated heterocycles. The number of ether oxygens (including phenoxy) is 1. The van der Waals surface area contributed by atoms with Gasteiger partial charge in [0.25, 0.3) is 0 Å². The third-order valence-corrected chi connectivity index (χ3v) is 5.57. The summed E-state index contributed by atoms with van der Waals surface area (Å²) in [4.78, 5) is 32.1. The van der Waals surface area contributed by atoms with Gasteiger partial charge < -0.3 is 9.84 Å². The lowest BCUT2D eigenvalue weighted by Crippen LogP contribution is -2.53. The molecule has 3 aliphatic rings. The average Bonchev–Trinajstić information content (AvgIpc) is 2.74. The van der Waals surface area contributed by atoms with Crippen LogP contribution in [-0.2, 0) is 11.3 Å². The molecule has 28 heavy (non-hydrogen) atoms. The van der Waals surface area contributed by atoms with E-state index in [9.17, 15) is 9.59 Å². The Morgan fingerprint density at radius 2 is 1.93 bits per heavy atom. The molecule has 5 rings (SSSR count). The van der Waals surface area contributed by atoms with Gasteiger partial charge >= 0.3 is 12.1 Å². The second kappa shape index (κ2) is 7.98. The maximum Gasteiger partial charge on any atom is 0.414 e. The summed E-state index contributed by atoms with van der Waals surface area (Å²) in [5.74, 6) is -0.544. The molecule has 0 radical (unpaired) electrons. The number of nitrogens with zero attached hydrogens (tertiary/aromatic N) is 3. The number of fused-ring (bicyclic) bond motifs is 3. The normalized spacial score (nSPS) is 23.2. The van der Waals surface area contributed by atoms with E-state index in [1.807, 2.05) is 6.07 Å². The van der Waals surface area contributed by atoms with Gasteiger partial charge in [-0.25, -0.2) is 9.59 Å². The number of pyridine rings is 1. The standard InChI is InChI=1S/C21H23N3O4/c25-20(26)17-5-3-15(4-6-17)13-24(18-2-1-9-22-12-18)21(27)28-19-14-23-10-7-16(19)8-11-23/h1-6,9,12,16,19H,7-8,10-11,13-14H2,(H,25,26)/t19-/m0/s1. The summed E-state index contributed by atoms with van der Waals surface area (Å²) in [6, 6.07) is 10.1. The second-order valence-corrected chi connectivity index (χ2v) is 7.36. The Balaban J connectivity index is 1.52. The van der Waals surface area contributed by atoms with E-state index in [4.69, 9.17) is 9.84 Å². The van der Waals surface area contributed by atoms with Crippen LogP contribution in [0.15, 0.2) is 48.8 Å². The molecule has 0 saturated carbocycles. The van der Waals surface area contributed by atoms with Crippen LogP contribution in [0.3, 0.4) is 0 Å². The zero-order chi connectivity index (χ0) is 19.5. The van der Waals surface area contributed by atoms with Crippen LogP contribution in [0.4, 0.5) is 10.5 Å². The van der Waals surface area contributed by atoms with Gasteiger partial charge in [-0.15, -0.1) is 0 Å². The number of rotatable bonds is 5. The number of hydrogen-bond donors (Lipinski definition) is 1. The number of aromatic carboxylic acids is 1. The lowest BCUT2D eigenvalue weighted by atomic mass is 9.86. The molecule has 1 aromatic carbocycles. The number of carboxylic acids is 1. The molecule has 0 spiro atoms. The third-order valence-electron chi connectivity index (χ3n) is 5.57. The largest absolute Gasteiger partial charge is 0.478 e. The summed E-state index contributed by atoms with van der Waals surface area (Å²) >= 11 is 0. The molecule has 0 aliphatic carbocycles. The van der Waals surface area contributed by atoms with Crippen molar-refractivity contribution in [3.8, 4) is 0 Å². The van der Waals surface area contributed by atoms with Crippen LogP contribution in [0.1, 0.15) is 28.8 Å². The van der Waals surface area contributed by atoms with Gasteiger partial charge in [0.05, 0.1) is 24.0 Å². The predicted molar refractivity (Wildman–Crippen MR) is 103 cm³/mol. The fraction of sp³-hybridized carbons (Fsp3) is 0.381. The van der Waals surface area contributed by atoms with E-state index >= 15 is 0 Å². The van der Waals surface area contributed by atoms with Crippen molar-refractivity contribution in [1.82, 2.24) is 9.88 Å². The van der Waals surface area contributed by atoms with E-state index in [1.165, 1.54) is 12.1 Å². The van der Waals surface area contributed by atoms with Crippen LogP contribution in [-0.4, -0.2) is 52.8 Å². The van der Waals surface area contributed by atoms with Gasteiger partial charge in [-0.1, -0.05) is 12.1 Å². The maximum atomic E-state index is 13.0. The van der Waals surface area contributed by atoms with Crippen molar-refractivity contribution in [2.45, 2.75) is 25.5 Å². The highest BCUT2D eigenvalue weighted by Crippen LogP contribution is 2.30. The first-order chi connectivity index (χ1) is 13.6. The first-order valence-corrected chi connectivity index (χ1v) is 9.53. The zero-order valence-corrected chi connectivity index (χ0v) is 15.5. The van der Waals surface area contributed by atoms with Crippen LogP contribution in [0.25, 0.3) is 0 Å². The second-order valence-electron chi connectivity index (χ2n) is 7.36. The van der Waals surface area contributed by atoms with Gasteiger partial charge in [-0.2, -0.15) is 0 Å². The molecular weight excluding hydrogens is 358 g/mol. The van der Waals surface area contributed by atoms with Gasteiger partial charge in [-0.05, 0) is 61.7 Å². The van der Waals surface area contributed by atoms with Crippen LogP contribution >= 0.6 is 0 Å². The number of anilines is 1. The fourth-order valence-corrected chi connectivity index (χ4v) is 3.95. The number of aromatic nitrogens is 1. The Hall–Kier alpha value is -2.93. The fourth-order valence-electron chi connectivity index (χ4n) is 3.95. The lowest BCUT2D eigenvalue weighted by molar-refractivity contribution is -0.0311. The van der Waals surface area contributed by atoms with Gasteiger partial charge in [0.15, 0.2) is 0 Å². The van der Waals surface area contributed by atoms with Gasteiger partial charge in [0.2, 0.25) is 0 Å². The van der Waals surface area contributed by atoms with Crippen molar-refractivity contribution in [2.75, 3.05) is 24.5 Å². The minimum Gasteiger partial charge on any atom is -0.478 e. The molecule has 2 bridgehead atoms. The minimum atomic E-state index is -0.975. The van der Waals surface area contributed by atoms with Gasteiger partial charge in [-0.3, -0.25) is 14.8 Å². The van der Waals surface area contributed by atoms with Crippen molar-refractivity contribution >= 4 is 17.7 Å². The van der Waals surface area contributed by atoms with Crippen LogP contribution in [0.2, 0.25) is 0 Å². The van der Waals surface area contributed by atoms with E-state index in [0.29, 0.717) is 11.6 Å². The number of carbonyl (C=O) groups excluding carboxylic acids is 1. The van der Waals surface area contributed by atoms with E-state index in [-0.39, 0.29) is 18.2 Å². The van der Waals surface area contributed by atoms with Crippen molar-refractivity contribution in [2.24, 2.45) is 5.92 Å². The topological polar surface area (TPSA) is 83.0 Å². The highest BCUT2D eigenvalue weighted by molar-refractivity contribution is 5.88. The van der Waals surface area contributed by atoms with E-state index < -0.39 is 12.1 Å². The van der Waals surface area contributed by atoms with Crippen LogP contribution < -0.4 is 4.90 Å². The first kappa shape index (κ1) is 18.4. The molecule has 146 valence electrons. The zero-order valence-electron chi connectivity index (χ0n) is 15.5. The number of carboxylic acid groups (broad SMARTS) is 1. The molecule has 1 amide bonds. The molecule has 7 nitrogen and oxygen atoms in total. The van der Waals surface area contributed by atoms with E-state index in [2.05, 4.69) is 9.88 Å². The van der Waals surface area contributed by atoms with Crippen molar-refractivity contribution in [3.63, 3.8) is 0 Å². The summed E-state index contributed by atoms with van der Waals surface area (Å²) in [7, 11) is 0. The molecule has 4 heterocycles. The SMILES string of the molecule is O=C(O)c1ccc(CN(C(=O)O[C@H]2CN3CCC2CC3)c2cccnc2)cc1. The monoisotopic (exact) mass is 381 g/mol. The number of carbonyl (C=O) groups is 2. The molecule has 2 aromatic rings. The summed E-state index contributed by atoms with van der Waals surface area (Å²) in [5, 5.41) is 9.06. The number of piperidine rings is 3. The maximum absolute atomic E-state index is 13.0. The highest BCUT2D eigenvalue weighted by atomic mass is 16.6. The molecule has 3 fully saturated rings. The number of amides is 1. The summed E-state index contributed by atoms with van der Waals surface area (Å²) in [6.07, 6.45) is 4.95. The Morgan fingerprint density at radius 1 is 1.18 bits per heavy atom. The Morgan fingerprint density at radius 3 is 2.50 bits per heavy atom. The molecule has 1 atom stereocenters. The molecule has 3 aliphatic heterocycles. The van der Waals surface area contributed by atoms with Crippen LogP contribution in [0.5, 0.6) is 0 Å². The van der Waals surface area contributed by atoms with E-state index in [1.54, 1.807) is 35.5 Å².